The summed E-state index contributed by atoms with van der Waals surface area (Å²) < 4.78 is 16.5. The fraction of sp³-hybridized carbons (Fsp3) is 0.185. The number of halogens is 1. The molecule has 3 rings (SSSR count). The Hall–Kier alpha value is -3.77. The molecule has 1 N–H and O–H groups in total. The van der Waals surface area contributed by atoms with Gasteiger partial charge in [-0.15, -0.1) is 0 Å². The Balaban J connectivity index is 1.49. The Morgan fingerprint density at radius 3 is 2.41 bits per heavy atom. The van der Waals surface area contributed by atoms with E-state index in [2.05, 4.69) is 5.32 Å². The number of ether oxygens (including phenoxy) is 3. The molecular weight excluding hydrogens is 454 g/mol. The van der Waals surface area contributed by atoms with Gasteiger partial charge < -0.3 is 19.5 Å². The third-order valence-corrected chi connectivity index (χ3v) is 5.12. The average molecular weight is 480 g/mol. The third-order valence-electron chi connectivity index (χ3n) is 4.75. The van der Waals surface area contributed by atoms with E-state index in [4.69, 9.17) is 25.8 Å². The maximum Gasteiger partial charge on any atom is 0.331 e. The quantitative estimate of drug-likeness (QED) is 0.289. The molecule has 1 amide bonds. The molecule has 1 unspecified atom stereocenters. The molecule has 3 aromatic carbocycles. The highest BCUT2D eigenvalue weighted by molar-refractivity contribution is 6.31. The van der Waals surface area contributed by atoms with Crippen molar-refractivity contribution in [3.8, 4) is 11.5 Å². The van der Waals surface area contributed by atoms with Crippen LogP contribution in [0.3, 0.4) is 0 Å². The molecule has 0 saturated carbocycles. The normalized spacial score (nSPS) is 11.6. The molecule has 0 aromatic heterocycles. The second-order valence-electron chi connectivity index (χ2n) is 7.28. The summed E-state index contributed by atoms with van der Waals surface area (Å²) in [5.74, 6) is 0.155. The molecule has 6 nitrogen and oxygen atoms in total. The summed E-state index contributed by atoms with van der Waals surface area (Å²) in [6, 6.07) is 21.8. The number of amides is 1. The number of para-hydroxylation sites is 2. The van der Waals surface area contributed by atoms with Crippen LogP contribution in [0.4, 0.5) is 5.69 Å². The minimum absolute atomic E-state index is 0.357. The van der Waals surface area contributed by atoms with Gasteiger partial charge in [-0.1, -0.05) is 54.1 Å². The summed E-state index contributed by atoms with van der Waals surface area (Å²) in [6.07, 6.45) is 1.90. The summed E-state index contributed by atoms with van der Waals surface area (Å²) in [4.78, 5) is 24.6. The first-order chi connectivity index (χ1) is 16.5. The van der Waals surface area contributed by atoms with Crippen molar-refractivity contribution in [3.05, 3.63) is 95.0 Å². The van der Waals surface area contributed by atoms with Gasteiger partial charge in [0, 0.05) is 16.7 Å². The van der Waals surface area contributed by atoms with Crippen LogP contribution in [-0.2, 0) is 20.9 Å². The lowest BCUT2D eigenvalue weighted by atomic mass is 10.2. The van der Waals surface area contributed by atoms with Gasteiger partial charge in [-0.05, 0) is 55.8 Å². The molecule has 0 bridgehead atoms. The van der Waals surface area contributed by atoms with Crippen molar-refractivity contribution in [2.75, 3.05) is 11.9 Å². The summed E-state index contributed by atoms with van der Waals surface area (Å²) in [6.45, 7) is 4.19. The SMILES string of the molecule is CCOc1ccccc1NC(=O)C(C)OC(=O)C=Cc1ccc(OCc2ccccc2Cl)cc1. The van der Waals surface area contributed by atoms with Crippen molar-refractivity contribution in [2.24, 2.45) is 0 Å². The number of carbonyl (C=O) groups excluding carboxylic acids is 2. The highest BCUT2D eigenvalue weighted by Gasteiger charge is 2.18. The van der Waals surface area contributed by atoms with Gasteiger partial charge >= 0.3 is 5.97 Å². The molecule has 0 spiro atoms. The van der Waals surface area contributed by atoms with Crippen LogP contribution >= 0.6 is 11.6 Å². The lowest BCUT2D eigenvalue weighted by Gasteiger charge is -2.15. The summed E-state index contributed by atoms with van der Waals surface area (Å²) in [5, 5.41) is 3.37. The number of anilines is 1. The molecule has 176 valence electrons. The summed E-state index contributed by atoms with van der Waals surface area (Å²) >= 11 is 6.14. The Labute approximate surface area is 204 Å². The molecule has 3 aromatic rings. The Kier molecular flexibility index (Phi) is 9.12. The summed E-state index contributed by atoms with van der Waals surface area (Å²) in [5.41, 5.74) is 2.20. The number of carbonyl (C=O) groups is 2. The monoisotopic (exact) mass is 479 g/mol. The molecule has 0 heterocycles. The lowest BCUT2D eigenvalue weighted by Crippen LogP contribution is -2.29. The largest absolute Gasteiger partial charge is 0.492 e. The maximum absolute atomic E-state index is 12.4. The van der Waals surface area contributed by atoms with Gasteiger partial charge in [-0.25, -0.2) is 4.79 Å². The standard InChI is InChI=1S/C27H26ClNO5/c1-3-32-25-11-7-6-10-24(25)29-27(31)19(2)34-26(30)17-14-20-12-15-22(16-13-20)33-18-21-8-4-5-9-23(21)28/h4-17,19H,3,18H2,1-2H3,(H,29,31). The van der Waals surface area contributed by atoms with E-state index < -0.39 is 18.0 Å². The van der Waals surface area contributed by atoms with Crippen molar-refractivity contribution in [3.63, 3.8) is 0 Å². The van der Waals surface area contributed by atoms with E-state index in [-0.39, 0.29) is 0 Å². The number of nitrogens with one attached hydrogen (secondary N) is 1. The molecule has 1 atom stereocenters. The molecule has 0 aliphatic carbocycles. The van der Waals surface area contributed by atoms with Crippen LogP contribution in [-0.4, -0.2) is 24.6 Å². The van der Waals surface area contributed by atoms with Gasteiger partial charge in [0.2, 0.25) is 0 Å². The van der Waals surface area contributed by atoms with E-state index in [1.165, 1.54) is 13.0 Å². The van der Waals surface area contributed by atoms with Gasteiger partial charge in [0.15, 0.2) is 6.10 Å². The molecule has 0 radical (unpaired) electrons. The van der Waals surface area contributed by atoms with Crippen LogP contribution in [0.25, 0.3) is 6.08 Å². The lowest BCUT2D eigenvalue weighted by molar-refractivity contribution is -0.148. The second-order valence-corrected chi connectivity index (χ2v) is 7.69. The van der Waals surface area contributed by atoms with Crippen molar-refractivity contribution in [2.45, 2.75) is 26.6 Å². The highest BCUT2D eigenvalue weighted by Crippen LogP contribution is 2.24. The van der Waals surface area contributed by atoms with Crippen molar-refractivity contribution >= 4 is 35.2 Å². The average Bonchev–Trinajstić information content (AvgIpc) is 2.84. The molecule has 0 fully saturated rings. The van der Waals surface area contributed by atoms with Crippen LogP contribution in [0.1, 0.15) is 25.0 Å². The van der Waals surface area contributed by atoms with E-state index in [1.54, 1.807) is 36.4 Å². The van der Waals surface area contributed by atoms with E-state index in [9.17, 15) is 9.59 Å². The first kappa shape index (κ1) is 24.9. The minimum atomic E-state index is -0.979. The van der Waals surface area contributed by atoms with E-state index >= 15 is 0 Å². The highest BCUT2D eigenvalue weighted by atomic mass is 35.5. The Bertz CT molecular complexity index is 1140. The Morgan fingerprint density at radius 2 is 1.68 bits per heavy atom. The molecule has 0 saturated heterocycles. The fourth-order valence-corrected chi connectivity index (χ4v) is 3.16. The fourth-order valence-electron chi connectivity index (χ4n) is 2.97. The zero-order chi connectivity index (χ0) is 24.3. The topological polar surface area (TPSA) is 73.9 Å². The van der Waals surface area contributed by atoms with E-state index in [1.807, 2.05) is 49.4 Å². The Morgan fingerprint density at radius 1 is 0.971 bits per heavy atom. The number of hydrogen-bond acceptors (Lipinski definition) is 5. The van der Waals surface area contributed by atoms with Gasteiger partial charge in [-0.2, -0.15) is 0 Å². The first-order valence-corrected chi connectivity index (χ1v) is 11.2. The van der Waals surface area contributed by atoms with Crippen molar-refractivity contribution in [1.29, 1.82) is 0 Å². The number of esters is 1. The number of rotatable bonds is 10. The smallest absolute Gasteiger partial charge is 0.331 e. The zero-order valence-electron chi connectivity index (χ0n) is 19.0. The van der Waals surface area contributed by atoms with Crippen LogP contribution in [0, 0.1) is 0 Å². The number of benzene rings is 3. The van der Waals surface area contributed by atoms with Crippen molar-refractivity contribution < 1.29 is 23.8 Å². The predicted molar refractivity (Wildman–Crippen MR) is 133 cm³/mol. The summed E-state index contributed by atoms with van der Waals surface area (Å²) in [7, 11) is 0. The predicted octanol–water partition coefficient (Wildman–Crippen LogP) is 5.90. The van der Waals surface area contributed by atoms with Crippen LogP contribution < -0.4 is 14.8 Å². The van der Waals surface area contributed by atoms with Crippen LogP contribution in [0.15, 0.2) is 78.9 Å². The van der Waals surface area contributed by atoms with Gasteiger partial charge in [0.25, 0.3) is 5.91 Å². The molecule has 7 heteroatoms. The maximum atomic E-state index is 12.4. The molecule has 0 aliphatic heterocycles. The molecular formula is C27H26ClNO5. The zero-order valence-corrected chi connectivity index (χ0v) is 19.7. The van der Waals surface area contributed by atoms with Gasteiger partial charge in [0.05, 0.1) is 12.3 Å². The second kappa shape index (κ2) is 12.5. The third kappa shape index (κ3) is 7.39. The van der Waals surface area contributed by atoms with Crippen LogP contribution in [0.2, 0.25) is 5.02 Å². The first-order valence-electron chi connectivity index (χ1n) is 10.8. The van der Waals surface area contributed by atoms with Gasteiger partial charge in [0.1, 0.15) is 18.1 Å². The van der Waals surface area contributed by atoms with Crippen molar-refractivity contribution in [1.82, 2.24) is 0 Å². The van der Waals surface area contributed by atoms with Gasteiger partial charge in [-0.3, -0.25) is 4.79 Å². The number of hydrogen-bond donors (Lipinski definition) is 1. The van der Waals surface area contributed by atoms with E-state index in [0.717, 1.165) is 11.1 Å². The molecule has 34 heavy (non-hydrogen) atoms. The minimum Gasteiger partial charge on any atom is -0.492 e. The van der Waals surface area contributed by atoms with E-state index in [0.29, 0.717) is 35.4 Å². The van der Waals surface area contributed by atoms with Crippen LogP contribution in [0.5, 0.6) is 11.5 Å². The molecule has 0 aliphatic rings.